The fraction of sp³-hybridized carbons (Fsp3) is 0.900. The van der Waals surface area contributed by atoms with Gasteiger partial charge in [-0.1, -0.05) is 0 Å². The van der Waals surface area contributed by atoms with E-state index in [1.54, 1.807) is 0 Å². The molecule has 6 aliphatic rings. The maximum atomic E-state index is 13.0. The normalized spacial score (nSPS) is 41.4. The topological polar surface area (TPSA) is 71.1 Å². The Morgan fingerprint density at radius 1 is 0.769 bits per heavy atom. The molecule has 2 saturated heterocycles. The van der Waals surface area contributed by atoms with Crippen molar-refractivity contribution < 1.29 is 28.5 Å². The van der Waals surface area contributed by atoms with Crippen molar-refractivity contribution in [2.75, 3.05) is 39.6 Å². The second kappa shape index (κ2) is 6.20. The molecule has 0 aromatic carbocycles. The Morgan fingerprint density at radius 2 is 1.19 bits per heavy atom. The Bertz CT molecular complexity index is 531. The van der Waals surface area contributed by atoms with Crippen LogP contribution < -0.4 is 0 Å². The Hall–Kier alpha value is -1.14. The van der Waals surface area contributed by atoms with Crippen LogP contribution in [-0.2, 0) is 28.5 Å². The summed E-state index contributed by atoms with van der Waals surface area (Å²) in [5.74, 6) is 1.44. The fourth-order valence-corrected chi connectivity index (χ4v) is 6.19. The van der Waals surface area contributed by atoms with Gasteiger partial charge in [0, 0.05) is 11.8 Å². The Kier molecular flexibility index (Phi) is 4.05. The molecule has 2 heterocycles. The van der Waals surface area contributed by atoms with E-state index in [2.05, 4.69) is 0 Å². The summed E-state index contributed by atoms with van der Waals surface area (Å²) in [7, 11) is 0. The number of rotatable bonds is 6. The van der Waals surface area contributed by atoms with Crippen LogP contribution in [0.15, 0.2) is 0 Å². The molecular formula is C20H28O6. The second-order valence-electron chi connectivity index (χ2n) is 9.53. The summed E-state index contributed by atoms with van der Waals surface area (Å²) in [4.78, 5) is 26.0. The number of carbonyl (C=O) groups excluding carboxylic acids is 2. The van der Waals surface area contributed by atoms with E-state index in [1.165, 1.54) is 0 Å². The monoisotopic (exact) mass is 364 g/mol. The van der Waals surface area contributed by atoms with Crippen LogP contribution in [0.2, 0.25) is 0 Å². The summed E-state index contributed by atoms with van der Waals surface area (Å²) >= 11 is 0. The first kappa shape index (κ1) is 17.0. The van der Waals surface area contributed by atoms with Crippen molar-refractivity contribution in [2.24, 2.45) is 34.5 Å². The number of hydrogen-bond donors (Lipinski definition) is 0. The lowest BCUT2D eigenvalue weighted by molar-refractivity contribution is -0.199. The molecule has 0 unspecified atom stereocenters. The van der Waals surface area contributed by atoms with E-state index in [-0.39, 0.29) is 11.9 Å². The van der Waals surface area contributed by atoms with E-state index < -0.39 is 10.8 Å². The van der Waals surface area contributed by atoms with Crippen LogP contribution in [0.25, 0.3) is 0 Å². The minimum absolute atomic E-state index is 0.0805. The number of esters is 2. The summed E-state index contributed by atoms with van der Waals surface area (Å²) in [5.41, 5.74) is -0.930. The van der Waals surface area contributed by atoms with Crippen LogP contribution in [0.4, 0.5) is 0 Å². The first-order chi connectivity index (χ1) is 12.6. The maximum Gasteiger partial charge on any atom is 0.312 e. The molecule has 0 spiro atoms. The highest BCUT2D eigenvalue weighted by molar-refractivity contribution is 5.83. The molecule has 0 atom stereocenters. The largest absolute Gasteiger partial charge is 0.465 e. The zero-order valence-corrected chi connectivity index (χ0v) is 15.2. The van der Waals surface area contributed by atoms with Crippen molar-refractivity contribution in [3.05, 3.63) is 0 Å². The standard InChI is InChI=1S/C20H28O6/c21-17(25-10-15-6-23-7-15)19-2-13-1-14(4-19)5-20(3-13,12-19)18(22)26-11-16-8-24-9-16/h13-16H,1-12H2. The molecule has 6 heteroatoms. The molecule has 26 heavy (non-hydrogen) atoms. The molecule has 0 radical (unpaired) electrons. The first-order valence-electron chi connectivity index (χ1n) is 10.1. The smallest absolute Gasteiger partial charge is 0.312 e. The molecule has 6 fully saturated rings. The van der Waals surface area contributed by atoms with E-state index in [0.29, 0.717) is 69.7 Å². The lowest BCUT2D eigenvalue weighted by atomic mass is 9.44. The molecule has 4 bridgehead atoms. The highest BCUT2D eigenvalue weighted by Crippen LogP contribution is 2.66. The van der Waals surface area contributed by atoms with Crippen molar-refractivity contribution in [3.63, 3.8) is 0 Å². The van der Waals surface area contributed by atoms with E-state index in [0.717, 1.165) is 32.1 Å². The number of carbonyl (C=O) groups is 2. The van der Waals surface area contributed by atoms with Crippen LogP contribution in [0.1, 0.15) is 38.5 Å². The molecule has 6 nitrogen and oxygen atoms in total. The van der Waals surface area contributed by atoms with Gasteiger partial charge in [0.1, 0.15) is 0 Å². The van der Waals surface area contributed by atoms with Crippen LogP contribution in [0.3, 0.4) is 0 Å². The summed E-state index contributed by atoms with van der Waals surface area (Å²) in [5, 5.41) is 0. The molecule has 0 aromatic rings. The van der Waals surface area contributed by atoms with Gasteiger partial charge in [0.15, 0.2) is 0 Å². The van der Waals surface area contributed by atoms with Crippen molar-refractivity contribution in [1.82, 2.24) is 0 Å². The average molecular weight is 364 g/mol. The van der Waals surface area contributed by atoms with Crippen LogP contribution in [0.5, 0.6) is 0 Å². The molecule has 2 aliphatic heterocycles. The van der Waals surface area contributed by atoms with Gasteiger partial charge in [-0.15, -0.1) is 0 Å². The van der Waals surface area contributed by atoms with Crippen molar-refractivity contribution in [1.29, 1.82) is 0 Å². The van der Waals surface area contributed by atoms with Crippen molar-refractivity contribution >= 4 is 11.9 Å². The van der Waals surface area contributed by atoms with Gasteiger partial charge in [0.05, 0.1) is 50.5 Å². The average Bonchev–Trinajstić information content (AvgIpc) is 2.50. The molecule has 6 rings (SSSR count). The minimum Gasteiger partial charge on any atom is -0.465 e. The van der Waals surface area contributed by atoms with Gasteiger partial charge in [-0.25, -0.2) is 0 Å². The first-order valence-corrected chi connectivity index (χ1v) is 10.1. The third kappa shape index (κ3) is 2.76. The predicted octanol–water partition coefficient (Wildman–Crippen LogP) is 1.95. The molecular weight excluding hydrogens is 336 g/mol. The Balaban J connectivity index is 1.28. The lowest BCUT2D eigenvalue weighted by Crippen LogP contribution is -2.58. The molecule has 4 saturated carbocycles. The zero-order valence-electron chi connectivity index (χ0n) is 15.2. The molecule has 4 aliphatic carbocycles. The minimum atomic E-state index is -0.465. The van der Waals surface area contributed by atoms with E-state index in [1.807, 2.05) is 0 Å². The quantitative estimate of drug-likeness (QED) is 0.671. The molecule has 0 aromatic heterocycles. The summed E-state index contributed by atoms with van der Waals surface area (Å²) in [6.07, 6.45) is 5.30. The van der Waals surface area contributed by atoms with Crippen LogP contribution >= 0.6 is 0 Å². The number of ether oxygens (including phenoxy) is 4. The van der Waals surface area contributed by atoms with E-state index in [4.69, 9.17) is 18.9 Å². The van der Waals surface area contributed by atoms with Crippen LogP contribution in [-0.4, -0.2) is 51.6 Å². The van der Waals surface area contributed by atoms with Gasteiger partial charge in [-0.05, 0) is 50.4 Å². The molecule has 0 N–H and O–H groups in total. The Morgan fingerprint density at radius 3 is 1.54 bits per heavy atom. The Labute approximate surface area is 153 Å². The second-order valence-corrected chi connectivity index (χ2v) is 9.53. The van der Waals surface area contributed by atoms with Gasteiger partial charge in [0.2, 0.25) is 0 Å². The number of hydrogen-bond acceptors (Lipinski definition) is 6. The fourth-order valence-electron chi connectivity index (χ4n) is 6.19. The highest BCUT2D eigenvalue weighted by Gasteiger charge is 2.64. The van der Waals surface area contributed by atoms with Gasteiger partial charge >= 0.3 is 11.9 Å². The maximum absolute atomic E-state index is 13.0. The molecule has 144 valence electrons. The predicted molar refractivity (Wildman–Crippen MR) is 90.1 cm³/mol. The van der Waals surface area contributed by atoms with Gasteiger partial charge < -0.3 is 18.9 Å². The van der Waals surface area contributed by atoms with Gasteiger partial charge in [0.25, 0.3) is 0 Å². The third-order valence-corrected chi connectivity index (χ3v) is 7.24. The zero-order chi connectivity index (χ0) is 17.8. The summed E-state index contributed by atoms with van der Waals surface area (Å²) < 4.78 is 21.7. The van der Waals surface area contributed by atoms with Gasteiger partial charge in [-0.3, -0.25) is 9.59 Å². The lowest BCUT2D eigenvalue weighted by Gasteiger charge is -2.59. The summed E-state index contributed by atoms with van der Waals surface area (Å²) in [6.45, 7) is 3.66. The third-order valence-electron chi connectivity index (χ3n) is 7.24. The van der Waals surface area contributed by atoms with E-state index in [9.17, 15) is 9.59 Å². The van der Waals surface area contributed by atoms with Crippen LogP contribution in [0, 0.1) is 34.5 Å². The van der Waals surface area contributed by atoms with Gasteiger partial charge in [-0.2, -0.15) is 0 Å². The highest BCUT2D eigenvalue weighted by atomic mass is 16.6. The van der Waals surface area contributed by atoms with Crippen molar-refractivity contribution in [2.45, 2.75) is 38.5 Å². The van der Waals surface area contributed by atoms with Crippen molar-refractivity contribution in [3.8, 4) is 0 Å². The summed E-state index contributed by atoms with van der Waals surface area (Å²) in [6, 6.07) is 0. The molecule has 0 amide bonds. The SMILES string of the molecule is O=C(OCC1COC1)C12CC3CC(C1)CC(C(=O)OCC1COC1)(C3)C2. The van der Waals surface area contributed by atoms with E-state index >= 15 is 0 Å².